The molecule has 0 bridgehead atoms. The van der Waals surface area contributed by atoms with Gasteiger partial charge in [0.1, 0.15) is 5.03 Å². The molecule has 0 N–H and O–H groups in total. The molecule has 0 saturated carbocycles. The van der Waals surface area contributed by atoms with Crippen molar-refractivity contribution in [2.24, 2.45) is 0 Å². The van der Waals surface area contributed by atoms with Gasteiger partial charge in [-0.05, 0) is 23.3 Å². The van der Waals surface area contributed by atoms with Gasteiger partial charge in [0.2, 0.25) is 0 Å². The second-order valence-electron chi connectivity index (χ2n) is 6.30. The van der Waals surface area contributed by atoms with Gasteiger partial charge in [0.05, 0.1) is 21.5 Å². The minimum Gasteiger partial charge on any atom is -0.248 e. The molecule has 0 spiro atoms. The SMILES string of the molecule is c1ccc(C2(c3ccccc3)Cc3nc4ccccc4nc3S2)cc1. The summed E-state index contributed by atoms with van der Waals surface area (Å²) < 4.78 is -0.164. The van der Waals surface area contributed by atoms with E-state index in [2.05, 4.69) is 60.7 Å². The fraction of sp³-hybridized carbons (Fsp3) is 0.0909. The fourth-order valence-corrected chi connectivity index (χ4v) is 4.98. The number of hydrogen-bond donors (Lipinski definition) is 0. The first-order chi connectivity index (χ1) is 12.4. The molecule has 1 aliphatic rings. The van der Waals surface area contributed by atoms with Crippen molar-refractivity contribution >= 4 is 22.8 Å². The standard InChI is InChI=1S/C22H16N2S/c1-3-9-16(10-4-1)22(17-11-5-2-6-12-17)15-20-21(25-22)24-19-14-8-7-13-18(19)23-20/h1-14H,15H2. The van der Waals surface area contributed by atoms with E-state index in [-0.39, 0.29) is 4.75 Å². The van der Waals surface area contributed by atoms with Gasteiger partial charge in [-0.1, -0.05) is 84.6 Å². The summed E-state index contributed by atoms with van der Waals surface area (Å²) in [6.45, 7) is 0. The van der Waals surface area contributed by atoms with Crippen LogP contribution >= 0.6 is 11.8 Å². The van der Waals surface area contributed by atoms with Gasteiger partial charge in [-0.2, -0.15) is 0 Å². The topological polar surface area (TPSA) is 25.8 Å². The highest BCUT2D eigenvalue weighted by Crippen LogP contribution is 2.54. The smallest absolute Gasteiger partial charge is 0.120 e. The van der Waals surface area contributed by atoms with Gasteiger partial charge in [0, 0.05) is 6.42 Å². The van der Waals surface area contributed by atoms with Crippen molar-refractivity contribution in [2.45, 2.75) is 16.2 Å². The lowest BCUT2D eigenvalue weighted by atomic mass is 9.86. The molecule has 5 rings (SSSR count). The maximum Gasteiger partial charge on any atom is 0.120 e. The molecule has 3 heteroatoms. The first kappa shape index (κ1) is 14.7. The molecule has 4 aromatic rings. The first-order valence-corrected chi connectivity index (χ1v) is 9.22. The van der Waals surface area contributed by atoms with Crippen molar-refractivity contribution in [3.05, 3.63) is 102 Å². The summed E-state index contributed by atoms with van der Waals surface area (Å²) in [6, 6.07) is 29.6. The average molecular weight is 340 g/mol. The van der Waals surface area contributed by atoms with Gasteiger partial charge in [0.15, 0.2) is 0 Å². The predicted octanol–water partition coefficient (Wildman–Crippen LogP) is 5.22. The molecule has 25 heavy (non-hydrogen) atoms. The van der Waals surface area contributed by atoms with Gasteiger partial charge in [-0.3, -0.25) is 0 Å². The van der Waals surface area contributed by atoms with Crippen molar-refractivity contribution in [2.75, 3.05) is 0 Å². The number of benzene rings is 3. The van der Waals surface area contributed by atoms with Crippen LogP contribution in [0, 0.1) is 0 Å². The van der Waals surface area contributed by atoms with E-state index in [1.807, 2.05) is 36.0 Å². The molecule has 0 aliphatic carbocycles. The Balaban J connectivity index is 1.72. The number of nitrogens with zero attached hydrogens (tertiary/aromatic N) is 2. The molecule has 1 aliphatic heterocycles. The third kappa shape index (κ3) is 2.35. The zero-order chi connectivity index (χ0) is 16.7. The molecule has 0 unspecified atom stereocenters. The molecule has 2 nitrogen and oxygen atoms in total. The molecule has 0 fully saturated rings. The summed E-state index contributed by atoms with van der Waals surface area (Å²) in [6.07, 6.45) is 0.860. The van der Waals surface area contributed by atoms with Crippen LogP contribution in [-0.4, -0.2) is 9.97 Å². The van der Waals surface area contributed by atoms with Crippen LogP contribution < -0.4 is 0 Å². The Morgan fingerprint density at radius 1 is 0.640 bits per heavy atom. The number of fused-ring (bicyclic) bond motifs is 2. The van der Waals surface area contributed by atoms with Crippen LogP contribution in [0.15, 0.2) is 90.0 Å². The largest absolute Gasteiger partial charge is 0.248 e. The minimum absolute atomic E-state index is 0.164. The van der Waals surface area contributed by atoms with Crippen LogP contribution in [0.25, 0.3) is 11.0 Å². The lowest BCUT2D eigenvalue weighted by Crippen LogP contribution is -2.23. The van der Waals surface area contributed by atoms with E-state index in [0.29, 0.717) is 0 Å². The van der Waals surface area contributed by atoms with Crippen LogP contribution in [0.3, 0.4) is 0 Å². The zero-order valence-corrected chi connectivity index (χ0v) is 14.4. The second-order valence-corrected chi connectivity index (χ2v) is 7.59. The molecule has 0 saturated heterocycles. The number of thioether (sulfide) groups is 1. The Morgan fingerprint density at radius 2 is 1.16 bits per heavy atom. The Bertz CT molecular complexity index is 959. The highest BCUT2D eigenvalue weighted by Gasteiger charge is 2.43. The van der Waals surface area contributed by atoms with Crippen LogP contribution in [-0.2, 0) is 11.2 Å². The number of para-hydroxylation sites is 2. The van der Waals surface area contributed by atoms with Crippen molar-refractivity contribution in [1.29, 1.82) is 0 Å². The van der Waals surface area contributed by atoms with Crippen LogP contribution in [0.2, 0.25) is 0 Å². The third-order valence-corrected chi connectivity index (χ3v) is 6.26. The number of hydrogen-bond acceptors (Lipinski definition) is 3. The maximum atomic E-state index is 4.92. The summed E-state index contributed by atoms with van der Waals surface area (Å²) >= 11 is 1.83. The van der Waals surface area contributed by atoms with E-state index >= 15 is 0 Å². The van der Waals surface area contributed by atoms with E-state index in [9.17, 15) is 0 Å². The van der Waals surface area contributed by atoms with Crippen molar-refractivity contribution in [1.82, 2.24) is 9.97 Å². The van der Waals surface area contributed by atoms with Crippen molar-refractivity contribution in [3.8, 4) is 0 Å². The number of rotatable bonds is 2. The Labute approximate surface area is 151 Å². The number of aromatic nitrogens is 2. The summed E-state index contributed by atoms with van der Waals surface area (Å²) in [4.78, 5) is 9.82. The first-order valence-electron chi connectivity index (χ1n) is 8.41. The molecule has 1 aromatic heterocycles. The molecule has 2 heterocycles. The molecule has 0 radical (unpaired) electrons. The fourth-order valence-electron chi connectivity index (χ4n) is 3.56. The van der Waals surface area contributed by atoms with Gasteiger partial charge in [0.25, 0.3) is 0 Å². The van der Waals surface area contributed by atoms with Crippen LogP contribution in [0.5, 0.6) is 0 Å². The zero-order valence-electron chi connectivity index (χ0n) is 13.6. The Morgan fingerprint density at radius 3 is 1.76 bits per heavy atom. The van der Waals surface area contributed by atoms with E-state index in [0.717, 1.165) is 28.2 Å². The van der Waals surface area contributed by atoms with Crippen LogP contribution in [0.1, 0.15) is 16.8 Å². The van der Waals surface area contributed by atoms with E-state index in [1.165, 1.54) is 11.1 Å². The monoisotopic (exact) mass is 340 g/mol. The molecular formula is C22H16N2S. The highest BCUT2D eigenvalue weighted by molar-refractivity contribution is 8.00. The Kier molecular flexibility index (Phi) is 3.35. The predicted molar refractivity (Wildman–Crippen MR) is 103 cm³/mol. The van der Waals surface area contributed by atoms with Crippen molar-refractivity contribution in [3.63, 3.8) is 0 Å². The summed E-state index contributed by atoms with van der Waals surface area (Å²) in [5, 5.41) is 1.05. The second kappa shape index (κ2) is 5.71. The third-order valence-electron chi connectivity index (χ3n) is 4.77. The maximum absolute atomic E-state index is 4.92. The molecule has 0 atom stereocenters. The lowest BCUT2D eigenvalue weighted by Gasteiger charge is -2.29. The summed E-state index contributed by atoms with van der Waals surface area (Å²) in [7, 11) is 0. The van der Waals surface area contributed by atoms with E-state index in [1.54, 1.807) is 0 Å². The minimum atomic E-state index is -0.164. The van der Waals surface area contributed by atoms with E-state index < -0.39 is 0 Å². The molecular weight excluding hydrogens is 324 g/mol. The highest BCUT2D eigenvalue weighted by atomic mass is 32.2. The molecule has 0 amide bonds. The Hall–Kier alpha value is -2.65. The summed E-state index contributed by atoms with van der Waals surface area (Å²) in [5.74, 6) is 0. The van der Waals surface area contributed by atoms with Gasteiger partial charge < -0.3 is 0 Å². The van der Waals surface area contributed by atoms with Crippen LogP contribution in [0.4, 0.5) is 0 Å². The van der Waals surface area contributed by atoms with Gasteiger partial charge >= 0.3 is 0 Å². The quantitative estimate of drug-likeness (QED) is 0.500. The lowest BCUT2D eigenvalue weighted by molar-refractivity contribution is 0.734. The average Bonchev–Trinajstić information content (AvgIpc) is 3.07. The summed E-state index contributed by atoms with van der Waals surface area (Å²) in [5.41, 5.74) is 5.63. The van der Waals surface area contributed by atoms with E-state index in [4.69, 9.17) is 9.97 Å². The van der Waals surface area contributed by atoms with Gasteiger partial charge in [-0.25, -0.2) is 9.97 Å². The molecule has 120 valence electrons. The van der Waals surface area contributed by atoms with Crippen molar-refractivity contribution < 1.29 is 0 Å². The molecule has 3 aromatic carbocycles. The normalized spacial score (nSPS) is 15.2. The van der Waals surface area contributed by atoms with Gasteiger partial charge in [-0.15, -0.1) is 0 Å².